The van der Waals surface area contributed by atoms with Gasteiger partial charge in [0.05, 0.1) is 6.61 Å². The maximum atomic E-state index is 6.32. The van der Waals surface area contributed by atoms with Crippen molar-refractivity contribution in [3.63, 3.8) is 0 Å². The third-order valence-corrected chi connectivity index (χ3v) is 5.43. The molecule has 3 rings (SSSR count). The Labute approximate surface area is 127 Å². The van der Waals surface area contributed by atoms with Gasteiger partial charge in [0, 0.05) is 25.0 Å². The molecule has 3 nitrogen and oxygen atoms in total. The standard InChI is InChI=1S/C18H27NO2/c1-20-12-9-14-5-7-15(8-6-14)21-17-13-16(19)18(17)10-3-2-4-11-18/h5-8,16-17H,2-4,9-13,19H2,1H3. The van der Waals surface area contributed by atoms with Gasteiger partial charge in [0.1, 0.15) is 11.9 Å². The molecule has 2 unspecified atom stereocenters. The third kappa shape index (κ3) is 2.95. The molecule has 0 radical (unpaired) electrons. The molecule has 2 aliphatic rings. The molecule has 0 heterocycles. The van der Waals surface area contributed by atoms with Crippen LogP contribution in [0.4, 0.5) is 0 Å². The Bertz CT molecular complexity index is 451. The summed E-state index contributed by atoms with van der Waals surface area (Å²) in [5, 5.41) is 0. The highest BCUT2D eigenvalue weighted by molar-refractivity contribution is 5.28. The SMILES string of the molecule is COCCc1ccc(OC2CC(N)C23CCCCC3)cc1. The van der Waals surface area contributed by atoms with Crippen LogP contribution in [0.1, 0.15) is 44.1 Å². The van der Waals surface area contributed by atoms with E-state index in [2.05, 4.69) is 24.3 Å². The van der Waals surface area contributed by atoms with Crippen LogP contribution < -0.4 is 10.5 Å². The normalized spacial score (nSPS) is 27.3. The minimum atomic E-state index is 0.257. The Hall–Kier alpha value is -1.06. The van der Waals surface area contributed by atoms with E-state index in [9.17, 15) is 0 Å². The molecule has 2 N–H and O–H groups in total. The fraction of sp³-hybridized carbons (Fsp3) is 0.667. The summed E-state index contributed by atoms with van der Waals surface area (Å²) >= 11 is 0. The van der Waals surface area contributed by atoms with Crippen LogP contribution in [0, 0.1) is 5.41 Å². The molecule has 1 aromatic rings. The number of benzene rings is 1. The molecular formula is C18H27NO2. The van der Waals surface area contributed by atoms with Crippen molar-refractivity contribution in [2.24, 2.45) is 11.1 Å². The molecule has 1 spiro atoms. The first-order chi connectivity index (χ1) is 10.2. The molecule has 2 atom stereocenters. The summed E-state index contributed by atoms with van der Waals surface area (Å²) in [6, 6.07) is 8.79. The van der Waals surface area contributed by atoms with Gasteiger partial charge in [-0.25, -0.2) is 0 Å². The van der Waals surface area contributed by atoms with E-state index in [0.717, 1.165) is 25.2 Å². The van der Waals surface area contributed by atoms with Gasteiger partial charge in [0.2, 0.25) is 0 Å². The maximum Gasteiger partial charge on any atom is 0.119 e. The Balaban J connectivity index is 1.61. The summed E-state index contributed by atoms with van der Waals surface area (Å²) in [6.45, 7) is 0.765. The Morgan fingerprint density at radius 3 is 2.48 bits per heavy atom. The van der Waals surface area contributed by atoms with Crippen LogP contribution in [0.5, 0.6) is 5.75 Å². The predicted molar refractivity (Wildman–Crippen MR) is 84.5 cm³/mol. The molecule has 0 aromatic heterocycles. The van der Waals surface area contributed by atoms with Crippen molar-refractivity contribution in [2.75, 3.05) is 13.7 Å². The monoisotopic (exact) mass is 289 g/mol. The van der Waals surface area contributed by atoms with Crippen LogP contribution >= 0.6 is 0 Å². The van der Waals surface area contributed by atoms with Crippen LogP contribution in [0.3, 0.4) is 0 Å². The van der Waals surface area contributed by atoms with Crippen molar-refractivity contribution in [1.29, 1.82) is 0 Å². The molecule has 0 saturated heterocycles. The summed E-state index contributed by atoms with van der Waals surface area (Å²) in [5.74, 6) is 0.984. The smallest absolute Gasteiger partial charge is 0.119 e. The number of ether oxygens (including phenoxy) is 2. The molecule has 21 heavy (non-hydrogen) atoms. The van der Waals surface area contributed by atoms with Gasteiger partial charge in [-0.3, -0.25) is 0 Å². The molecule has 2 saturated carbocycles. The van der Waals surface area contributed by atoms with E-state index in [4.69, 9.17) is 15.2 Å². The van der Waals surface area contributed by atoms with Crippen molar-refractivity contribution in [3.8, 4) is 5.75 Å². The molecule has 2 aliphatic carbocycles. The summed E-state index contributed by atoms with van der Waals surface area (Å²) in [6.07, 6.45) is 8.73. The number of nitrogens with two attached hydrogens (primary N) is 1. The largest absolute Gasteiger partial charge is 0.490 e. The number of hydrogen-bond acceptors (Lipinski definition) is 3. The summed E-state index contributed by atoms with van der Waals surface area (Å²) in [4.78, 5) is 0. The van der Waals surface area contributed by atoms with E-state index in [1.807, 2.05) is 0 Å². The van der Waals surface area contributed by atoms with Gasteiger partial charge in [0.15, 0.2) is 0 Å². The molecule has 2 fully saturated rings. The second kappa shape index (κ2) is 6.37. The van der Waals surface area contributed by atoms with Crippen LogP contribution in [0.25, 0.3) is 0 Å². The third-order valence-electron chi connectivity index (χ3n) is 5.43. The topological polar surface area (TPSA) is 44.5 Å². The second-order valence-corrected chi connectivity index (χ2v) is 6.63. The van der Waals surface area contributed by atoms with Gasteiger partial charge in [0.25, 0.3) is 0 Å². The lowest BCUT2D eigenvalue weighted by atomic mass is 9.55. The molecule has 0 aliphatic heterocycles. The van der Waals surface area contributed by atoms with Crippen molar-refractivity contribution in [3.05, 3.63) is 29.8 Å². The summed E-state index contributed by atoms with van der Waals surface area (Å²) in [7, 11) is 1.74. The van der Waals surface area contributed by atoms with Crippen molar-refractivity contribution in [2.45, 2.75) is 57.1 Å². The average Bonchev–Trinajstić information content (AvgIpc) is 2.54. The lowest BCUT2D eigenvalue weighted by Crippen LogP contribution is -2.64. The van der Waals surface area contributed by atoms with E-state index in [-0.39, 0.29) is 5.41 Å². The van der Waals surface area contributed by atoms with Crippen LogP contribution in [-0.4, -0.2) is 25.9 Å². The van der Waals surface area contributed by atoms with Gasteiger partial charge < -0.3 is 15.2 Å². The zero-order chi connectivity index (χ0) is 14.7. The summed E-state index contributed by atoms with van der Waals surface area (Å²) in [5.41, 5.74) is 7.87. The molecule has 3 heteroatoms. The van der Waals surface area contributed by atoms with Gasteiger partial charge >= 0.3 is 0 Å². The molecular weight excluding hydrogens is 262 g/mol. The van der Waals surface area contributed by atoms with E-state index in [1.165, 1.54) is 37.7 Å². The Morgan fingerprint density at radius 1 is 1.14 bits per heavy atom. The van der Waals surface area contributed by atoms with Crippen molar-refractivity contribution >= 4 is 0 Å². The first kappa shape index (κ1) is 14.9. The quantitative estimate of drug-likeness (QED) is 0.904. The highest BCUT2D eigenvalue weighted by Gasteiger charge is 2.54. The van der Waals surface area contributed by atoms with Gasteiger partial charge in [-0.2, -0.15) is 0 Å². The lowest BCUT2D eigenvalue weighted by Gasteiger charge is -2.56. The number of rotatable bonds is 5. The molecule has 116 valence electrons. The first-order valence-electron chi connectivity index (χ1n) is 8.25. The highest BCUT2D eigenvalue weighted by atomic mass is 16.5. The fourth-order valence-electron chi connectivity index (χ4n) is 3.97. The number of hydrogen-bond donors (Lipinski definition) is 1. The van der Waals surface area contributed by atoms with E-state index < -0.39 is 0 Å². The van der Waals surface area contributed by atoms with Crippen LogP contribution in [0.2, 0.25) is 0 Å². The molecule has 1 aromatic carbocycles. The first-order valence-corrected chi connectivity index (χ1v) is 8.25. The maximum absolute atomic E-state index is 6.32. The predicted octanol–water partition coefficient (Wildman–Crippen LogP) is 3.30. The minimum Gasteiger partial charge on any atom is -0.490 e. The second-order valence-electron chi connectivity index (χ2n) is 6.63. The van der Waals surface area contributed by atoms with Crippen LogP contribution in [-0.2, 0) is 11.2 Å². The fourth-order valence-corrected chi connectivity index (χ4v) is 3.97. The molecule has 0 amide bonds. The van der Waals surface area contributed by atoms with Gasteiger partial charge in [-0.1, -0.05) is 31.4 Å². The van der Waals surface area contributed by atoms with E-state index >= 15 is 0 Å². The summed E-state index contributed by atoms with van der Waals surface area (Å²) < 4.78 is 11.4. The Kier molecular flexibility index (Phi) is 4.51. The molecule has 0 bridgehead atoms. The van der Waals surface area contributed by atoms with Gasteiger partial charge in [-0.05, 0) is 37.0 Å². The van der Waals surface area contributed by atoms with Gasteiger partial charge in [-0.15, -0.1) is 0 Å². The zero-order valence-electron chi connectivity index (χ0n) is 13.0. The number of methoxy groups -OCH3 is 1. The average molecular weight is 289 g/mol. The highest BCUT2D eigenvalue weighted by Crippen LogP contribution is 2.52. The van der Waals surface area contributed by atoms with Crippen molar-refractivity contribution < 1.29 is 9.47 Å². The lowest BCUT2D eigenvalue weighted by molar-refractivity contribution is -0.0898. The zero-order valence-corrected chi connectivity index (χ0v) is 13.0. The van der Waals surface area contributed by atoms with Crippen LogP contribution in [0.15, 0.2) is 24.3 Å². The van der Waals surface area contributed by atoms with Crippen molar-refractivity contribution in [1.82, 2.24) is 0 Å². The van der Waals surface area contributed by atoms with E-state index in [0.29, 0.717) is 12.1 Å². The Morgan fingerprint density at radius 2 is 1.86 bits per heavy atom. The minimum absolute atomic E-state index is 0.257. The van der Waals surface area contributed by atoms with E-state index in [1.54, 1.807) is 7.11 Å².